The largest absolute Gasteiger partial charge is 0.491 e. The van der Waals surface area contributed by atoms with Gasteiger partial charge in [0.2, 0.25) is 0 Å². The number of hydrogen-bond acceptors (Lipinski definition) is 3. The zero-order valence-corrected chi connectivity index (χ0v) is 21.4. The van der Waals surface area contributed by atoms with Crippen LogP contribution >= 0.6 is 0 Å². The standard InChI is InChI=1S/C30H34N4O2/c1-4-5-13-33(19-23-9-7-6-8-10-23)30(35)34-14-15-36-29-21(2)16-25(17-26(29)20-34)24-11-12-27-28(18-24)32-22(3)31-27/h6-12,16-18H,4-5,13-15,19-20H2,1-3H3,(H,31,32). The van der Waals surface area contributed by atoms with Crippen molar-refractivity contribution in [2.24, 2.45) is 0 Å². The van der Waals surface area contributed by atoms with Crippen LogP contribution < -0.4 is 4.74 Å². The molecular weight excluding hydrogens is 448 g/mol. The first-order valence-electron chi connectivity index (χ1n) is 12.8. The molecule has 0 fully saturated rings. The van der Waals surface area contributed by atoms with Gasteiger partial charge in [-0.25, -0.2) is 9.78 Å². The minimum Gasteiger partial charge on any atom is -0.491 e. The highest BCUT2D eigenvalue weighted by Gasteiger charge is 2.25. The highest BCUT2D eigenvalue weighted by Crippen LogP contribution is 2.34. The van der Waals surface area contributed by atoms with Crippen LogP contribution in [-0.4, -0.2) is 45.5 Å². The Morgan fingerprint density at radius 1 is 1.08 bits per heavy atom. The number of fused-ring (bicyclic) bond motifs is 2. The van der Waals surface area contributed by atoms with Crippen LogP contribution in [0.15, 0.2) is 60.7 Å². The molecule has 3 aromatic carbocycles. The van der Waals surface area contributed by atoms with E-state index in [1.165, 1.54) is 0 Å². The van der Waals surface area contributed by atoms with Crippen LogP contribution in [0, 0.1) is 13.8 Å². The van der Waals surface area contributed by atoms with Crippen molar-refractivity contribution in [3.63, 3.8) is 0 Å². The number of aromatic nitrogens is 2. The van der Waals surface area contributed by atoms with Gasteiger partial charge in [0.05, 0.1) is 24.1 Å². The molecule has 0 radical (unpaired) electrons. The van der Waals surface area contributed by atoms with E-state index in [1.54, 1.807) is 0 Å². The predicted octanol–water partition coefficient (Wildman–Crippen LogP) is 6.46. The minimum atomic E-state index is 0.0705. The third-order valence-electron chi connectivity index (χ3n) is 6.79. The first kappa shape index (κ1) is 23.9. The van der Waals surface area contributed by atoms with Gasteiger partial charge in [0, 0.05) is 18.7 Å². The average molecular weight is 483 g/mol. The predicted molar refractivity (Wildman–Crippen MR) is 144 cm³/mol. The SMILES string of the molecule is CCCCN(Cc1ccccc1)C(=O)N1CCOc2c(C)cc(-c3ccc4nc(C)[nH]c4c3)cc2C1. The number of imidazole rings is 1. The number of H-pyrrole nitrogens is 1. The fourth-order valence-corrected chi connectivity index (χ4v) is 4.96. The molecule has 6 nitrogen and oxygen atoms in total. The van der Waals surface area contributed by atoms with Crippen LogP contribution in [0.1, 0.15) is 42.3 Å². The average Bonchev–Trinajstić information content (AvgIpc) is 3.11. The Labute approximate surface area is 212 Å². The molecule has 1 aliphatic rings. The fraction of sp³-hybridized carbons (Fsp3) is 0.333. The molecule has 0 aliphatic carbocycles. The van der Waals surface area contributed by atoms with Crippen molar-refractivity contribution >= 4 is 17.1 Å². The summed E-state index contributed by atoms with van der Waals surface area (Å²) in [6.07, 6.45) is 2.03. The lowest BCUT2D eigenvalue weighted by atomic mass is 9.98. The van der Waals surface area contributed by atoms with Gasteiger partial charge in [-0.2, -0.15) is 0 Å². The molecule has 2 heterocycles. The van der Waals surface area contributed by atoms with Crippen molar-refractivity contribution in [2.75, 3.05) is 19.7 Å². The molecule has 0 atom stereocenters. The molecule has 0 saturated carbocycles. The summed E-state index contributed by atoms with van der Waals surface area (Å²) in [7, 11) is 0. The Balaban J connectivity index is 1.43. The number of rotatable bonds is 6. The summed E-state index contributed by atoms with van der Waals surface area (Å²) in [6, 6.07) is 20.9. The molecular formula is C30H34N4O2. The molecule has 0 bridgehead atoms. The van der Waals surface area contributed by atoms with Crippen LogP contribution in [0.3, 0.4) is 0 Å². The van der Waals surface area contributed by atoms with Crippen molar-refractivity contribution < 1.29 is 9.53 Å². The van der Waals surface area contributed by atoms with E-state index in [0.29, 0.717) is 26.2 Å². The normalized spacial score (nSPS) is 13.2. The number of benzene rings is 3. The summed E-state index contributed by atoms with van der Waals surface area (Å²) in [5.41, 5.74) is 7.51. The lowest BCUT2D eigenvalue weighted by Crippen LogP contribution is -2.43. The number of aromatic amines is 1. The van der Waals surface area contributed by atoms with Crippen molar-refractivity contribution in [1.82, 2.24) is 19.8 Å². The number of amides is 2. The van der Waals surface area contributed by atoms with Gasteiger partial charge < -0.3 is 19.5 Å². The summed E-state index contributed by atoms with van der Waals surface area (Å²) in [4.78, 5) is 25.5. The number of urea groups is 1. The molecule has 6 heteroatoms. The summed E-state index contributed by atoms with van der Waals surface area (Å²) in [6.45, 7) is 9.17. The van der Waals surface area contributed by atoms with Crippen molar-refractivity contribution in [1.29, 1.82) is 0 Å². The van der Waals surface area contributed by atoms with Gasteiger partial charge >= 0.3 is 6.03 Å². The molecule has 0 spiro atoms. The van der Waals surface area contributed by atoms with Gasteiger partial charge in [-0.05, 0) is 66.8 Å². The molecule has 0 saturated heterocycles. The van der Waals surface area contributed by atoms with Gasteiger partial charge in [-0.1, -0.05) is 49.7 Å². The maximum atomic E-state index is 13.7. The van der Waals surface area contributed by atoms with Crippen LogP contribution in [0.25, 0.3) is 22.2 Å². The first-order chi connectivity index (χ1) is 17.5. The Bertz CT molecular complexity index is 1360. The smallest absolute Gasteiger partial charge is 0.320 e. The van der Waals surface area contributed by atoms with E-state index in [2.05, 4.69) is 66.3 Å². The van der Waals surface area contributed by atoms with E-state index in [-0.39, 0.29) is 6.03 Å². The zero-order valence-electron chi connectivity index (χ0n) is 21.4. The van der Waals surface area contributed by atoms with Gasteiger partial charge in [0.15, 0.2) is 0 Å². The Morgan fingerprint density at radius 3 is 2.72 bits per heavy atom. The number of carbonyl (C=O) groups excluding carboxylic acids is 1. The van der Waals surface area contributed by atoms with Gasteiger partial charge in [-0.3, -0.25) is 0 Å². The Kier molecular flexibility index (Phi) is 6.94. The van der Waals surface area contributed by atoms with Crippen LogP contribution in [0.2, 0.25) is 0 Å². The molecule has 1 N–H and O–H groups in total. The maximum absolute atomic E-state index is 13.7. The number of carbonyl (C=O) groups is 1. The third kappa shape index (κ3) is 5.08. The lowest BCUT2D eigenvalue weighted by molar-refractivity contribution is 0.142. The number of hydrogen-bond donors (Lipinski definition) is 1. The molecule has 0 unspecified atom stereocenters. The summed E-state index contributed by atoms with van der Waals surface area (Å²) >= 11 is 0. The molecule has 1 aromatic heterocycles. The quantitative estimate of drug-likeness (QED) is 0.343. The number of unbranched alkanes of at least 4 members (excludes halogenated alkanes) is 1. The second-order valence-electron chi connectivity index (χ2n) is 9.65. The Hall–Kier alpha value is -3.80. The van der Waals surface area contributed by atoms with E-state index >= 15 is 0 Å². The maximum Gasteiger partial charge on any atom is 0.320 e. The van der Waals surface area contributed by atoms with Crippen LogP contribution in [0.5, 0.6) is 5.75 Å². The summed E-state index contributed by atoms with van der Waals surface area (Å²) in [5.74, 6) is 1.81. The second-order valence-corrected chi connectivity index (χ2v) is 9.65. The van der Waals surface area contributed by atoms with E-state index in [1.807, 2.05) is 34.9 Å². The zero-order chi connectivity index (χ0) is 25.1. The number of nitrogens with zero attached hydrogens (tertiary/aromatic N) is 3. The number of ether oxygens (including phenoxy) is 1. The number of aryl methyl sites for hydroxylation is 2. The first-order valence-corrected chi connectivity index (χ1v) is 12.8. The molecule has 186 valence electrons. The van der Waals surface area contributed by atoms with Crippen molar-refractivity contribution in [3.8, 4) is 16.9 Å². The highest BCUT2D eigenvalue weighted by molar-refractivity contribution is 5.82. The lowest BCUT2D eigenvalue weighted by Gasteiger charge is -2.30. The third-order valence-corrected chi connectivity index (χ3v) is 6.79. The van der Waals surface area contributed by atoms with Crippen molar-refractivity contribution in [3.05, 3.63) is 83.2 Å². The topological polar surface area (TPSA) is 61.5 Å². The van der Waals surface area contributed by atoms with Gasteiger partial charge in [0.25, 0.3) is 0 Å². The number of nitrogens with one attached hydrogen (secondary N) is 1. The van der Waals surface area contributed by atoms with E-state index in [0.717, 1.165) is 69.8 Å². The van der Waals surface area contributed by atoms with Crippen LogP contribution in [0.4, 0.5) is 4.79 Å². The van der Waals surface area contributed by atoms with Crippen LogP contribution in [-0.2, 0) is 13.1 Å². The summed E-state index contributed by atoms with van der Waals surface area (Å²) in [5, 5.41) is 0. The van der Waals surface area contributed by atoms with E-state index in [4.69, 9.17) is 4.74 Å². The fourth-order valence-electron chi connectivity index (χ4n) is 4.96. The monoisotopic (exact) mass is 482 g/mol. The molecule has 5 rings (SSSR count). The van der Waals surface area contributed by atoms with E-state index in [9.17, 15) is 4.79 Å². The van der Waals surface area contributed by atoms with Crippen molar-refractivity contribution in [2.45, 2.75) is 46.7 Å². The van der Waals surface area contributed by atoms with Gasteiger partial charge in [0.1, 0.15) is 18.2 Å². The van der Waals surface area contributed by atoms with E-state index < -0.39 is 0 Å². The second kappa shape index (κ2) is 10.4. The molecule has 4 aromatic rings. The molecule has 2 amide bonds. The highest BCUT2D eigenvalue weighted by atomic mass is 16.5. The van der Waals surface area contributed by atoms with Gasteiger partial charge in [-0.15, -0.1) is 0 Å². The Morgan fingerprint density at radius 2 is 1.92 bits per heavy atom. The minimum absolute atomic E-state index is 0.0705. The summed E-state index contributed by atoms with van der Waals surface area (Å²) < 4.78 is 6.17. The molecule has 1 aliphatic heterocycles. The molecule has 36 heavy (non-hydrogen) atoms.